The van der Waals surface area contributed by atoms with Crippen LogP contribution in [-0.4, -0.2) is 47.6 Å². The molecule has 0 unspecified atom stereocenters. The van der Waals surface area contributed by atoms with Gasteiger partial charge in [-0.05, 0) is 37.8 Å². The topological polar surface area (TPSA) is 112 Å². The summed E-state index contributed by atoms with van der Waals surface area (Å²) in [5.41, 5.74) is -1.50. The maximum absolute atomic E-state index is 13.2. The van der Waals surface area contributed by atoms with Gasteiger partial charge in [-0.25, -0.2) is 0 Å². The number of nitrogens with one attached hydrogen (secondary N) is 2. The standard InChI is InChI=1S/C24H29F3N4O4/c1-22(2,3)20(33)30-23(8-9-23)21(34)31-10-4-5-17(14-31)19(32)29-13-16-7-6-15(12-28)11-18(16)35-24(25,26)27/h6-7,11,17H,4-5,8-10,13-14H2,1-3H3,(H,29,32)(H,30,33)/t17-/m1/s1. The number of hydrogen-bond donors (Lipinski definition) is 2. The number of ether oxygens (including phenoxy) is 1. The monoisotopic (exact) mass is 494 g/mol. The van der Waals surface area contributed by atoms with Crippen molar-refractivity contribution in [3.05, 3.63) is 29.3 Å². The van der Waals surface area contributed by atoms with Gasteiger partial charge < -0.3 is 20.3 Å². The minimum Gasteiger partial charge on any atom is -0.405 e. The van der Waals surface area contributed by atoms with Crippen LogP contribution >= 0.6 is 0 Å². The molecule has 2 fully saturated rings. The molecule has 1 heterocycles. The van der Waals surface area contributed by atoms with Gasteiger partial charge >= 0.3 is 6.36 Å². The van der Waals surface area contributed by atoms with Gasteiger partial charge in [-0.1, -0.05) is 26.8 Å². The molecule has 1 aromatic carbocycles. The van der Waals surface area contributed by atoms with Crippen LogP contribution in [0.2, 0.25) is 0 Å². The maximum atomic E-state index is 13.2. The minimum absolute atomic E-state index is 0.00619. The first-order chi connectivity index (χ1) is 16.2. The number of rotatable bonds is 6. The van der Waals surface area contributed by atoms with Gasteiger partial charge in [-0.2, -0.15) is 5.26 Å². The minimum atomic E-state index is -4.95. The summed E-state index contributed by atoms with van der Waals surface area (Å²) in [6, 6.07) is 5.36. The van der Waals surface area contributed by atoms with E-state index in [0.29, 0.717) is 32.2 Å². The van der Waals surface area contributed by atoms with Crippen LogP contribution in [-0.2, 0) is 20.9 Å². The lowest BCUT2D eigenvalue weighted by atomic mass is 9.94. The fourth-order valence-corrected chi connectivity index (χ4v) is 3.92. The van der Waals surface area contributed by atoms with Gasteiger partial charge in [0.25, 0.3) is 0 Å². The normalized spacial score (nSPS) is 19.3. The molecular weight excluding hydrogens is 465 g/mol. The van der Waals surface area contributed by atoms with Crippen LogP contribution in [0.3, 0.4) is 0 Å². The number of nitrogens with zero attached hydrogens (tertiary/aromatic N) is 2. The van der Waals surface area contributed by atoms with Gasteiger partial charge in [0.05, 0.1) is 17.6 Å². The third kappa shape index (κ3) is 6.65. The largest absolute Gasteiger partial charge is 0.573 e. The van der Waals surface area contributed by atoms with Crippen molar-refractivity contribution in [2.24, 2.45) is 11.3 Å². The maximum Gasteiger partial charge on any atom is 0.573 e. The zero-order chi connectivity index (χ0) is 26.0. The van der Waals surface area contributed by atoms with E-state index in [1.807, 2.05) is 0 Å². The van der Waals surface area contributed by atoms with Crippen molar-refractivity contribution in [3.63, 3.8) is 0 Å². The molecule has 190 valence electrons. The Morgan fingerprint density at radius 2 is 1.91 bits per heavy atom. The zero-order valence-corrected chi connectivity index (χ0v) is 19.9. The van der Waals surface area contributed by atoms with E-state index in [2.05, 4.69) is 15.4 Å². The van der Waals surface area contributed by atoms with Crippen LogP contribution in [0, 0.1) is 22.7 Å². The highest BCUT2D eigenvalue weighted by molar-refractivity contribution is 5.95. The molecule has 35 heavy (non-hydrogen) atoms. The molecule has 1 saturated carbocycles. The lowest BCUT2D eigenvalue weighted by Gasteiger charge is -2.35. The molecule has 1 aliphatic heterocycles. The number of halogens is 3. The predicted octanol–water partition coefficient (Wildman–Crippen LogP) is 3.01. The Balaban J connectivity index is 1.62. The summed E-state index contributed by atoms with van der Waals surface area (Å²) in [4.78, 5) is 40.0. The molecule has 2 N–H and O–H groups in total. The Morgan fingerprint density at radius 3 is 2.49 bits per heavy atom. The number of carbonyl (C=O) groups is 3. The summed E-state index contributed by atoms with van der Waals surface area (Å²) in [6.07, 6.45) is -2.75. The molecule has 11 heteroatoms. The zero-order valence-electron chi connectivity index (χ0n) is 19.9. The number of benzene rings is 1. The molecule has 1 aliphatic carbocycles. The Bertz CT molecular complexity index is 1040. The fraction of sp³-hybridized carbons (Fsp3) is 0.583. The lowest BCUT2D eigenvalue weighted by Crippen LogP contribution is -2.56. The summed E-state index contributed by atoms with van der Waals surface area (Å²) in [5, 5.41) is 14.4. The predicted molar refractivity (Wildman–Crippen MR) is 119 cm³/mol. The molecule has 1 atom stereocenters. The second kappa shape index (κ2) is 9.76. The summed E-state index contributed by atoms with van der Waals surface area (Å²) in [7, 11) is 0. The molecule has 1 saturated heterocycles. The van der Waals surface area contributed by atoms with E-state index < -0.39 is 34.9 Å². The molecule has 0 radical (unpaired) electrons. The van der Waals surface area contributed by atoms with Gasteiger partial charge in [0, 0.05) is 30.6 Å². The lowest BCUT2D eigenvalue weighted by molar-refractivity contribution is -0.274. The highest BCUT2D eigenvalue weighted by atomic mass is 19.4. The van der Waals surface area contributed by atoms with E-state index in [-0.39, 0.29) is 36.0 Å². The van der Waals surface area contributed by atoms with Crippen LogP contribution in [0.1, 0.15) is 57.6 Å². The Labute approximate surface area is 201 Å². The molecule has 2 aliphatic rings. The molecule has 1 aromatic rings. The quantitative estimate of drug-likeness (QED) is 0.632. The molecule has 0 bridgehead atoms. The second-order valence-electron chi connectivity index (χ2n) is 10.1. The van der Waals surface area contributed by atoms with Crippen molar-refractivity contribution in [2.75, 3.05) is 13.1 Å². The van der Waals surface area contributed by atoms with Crippen molar-refractivity contribution in [2.45, 2.75) is 64.9 Å². The first-order valence-electron chi connectivity index (χ1n) is 11.4. The SMILES string of the molecule is CC(C)(C)C(=O)NC1(C(=O)N2CCC[C@@H](C(=O)NCc3ccc(C#N)cc3OC(F)(F)F)C2)CC1. The van der Waals surface area contributed by atoms with Crippen LogP contribution in [0.15, 0.2) is 18.2 Å². The Hall–Kier alpha value is -3.29. The number of likely N-dealkylation sites (tertiary alicyclic amines) is 1. The van der Waals surface area contributed by atoms with Crippen molar-refractivity contribution >= 4 is 17.7 Å². The number of amides is 3. The van der Waals surface area contributed by atoms with Gasteiger partial charge in [-0.3, -0.25) is 14.4 Å². The van der Waals surface area contributed by atoms with Crippen LogP contribution in [0.4, 0.5) is 13.2 Å². The van der Waals surface area contributed by atoms with Crippen molar-refractivity contribution < 1.29 is 32.3 Å². The molecule has 8 nitrogen and oxygen atoms in total. The highest BCUT2D eigenvalue weighted by Gasteiger charge is 2.54. The van der Waals surface area contributed by atoms with Gasteiger partial charge in [0.1, 0.15) is 11.3 Å². The van der Waals surface area contributed by atoms with E-state index in [4.69, 9.17) is 5.26 Å². The number of piperidine rings is 1. The molecule has 0 aromatic heterocycles. The van der Waals surface area contributed by atoms with Crippen LogP contribution in [0.5, 0.6) is 5.75 Å². The van der Waals surface area contributed by atoms with Crippen molar-refractivity contribution in [3.8, 4) is 11.8 Å². The summed E-state index contributed by atoms with van der Waals surface area (Å²) in [5.74, 6) is -1.90. The highest BCUT2D eigenvalue weighted by Crippen LogP contribution is 2.39. The number of carbonyl (C=O) groups excluding carboxylic acids is 3. The Kier molecular flexibility index (Phi) is 7.34. The summed E-state index contributed by atoms with van der Waals surface area (Å²) >= 11 is 0. The summed E-state index contributed by atoms with van der Waals surface area (Å²) < 4.78 is 42.3. The molecule has 3 rings (SSSR count). The van der Waals surface area contributed by atoms with E-state index in [1.165, 1.54) is 12.1 Å². The van der Waals surface area contributed by atoms with Gasteiger partial charge in [0.2, 0.25) is 17.7 Å². The summed E-state index contributed by atoms with van der Waals surface area (Å²) in [6.45, 7) is 5.70. The van der Waals surface area contributed by atoms with Crippen molar-refractivity contribution in [1.29, 1.82) is 5.26 Å². The third-order valence-electron chi connectivity index (χ3n) is 6.15. The number of alkyl halides is 3. The third-order valence-corrected chi connectivity index (χ3v) is 6.15. The second-order valence-corrected chi connectivity index (χ2v) is 10.1. The van der Waals surface area contributed by atoms with Crippen LogP contribution in [0.25, 0.3) is 0 Å². The van der Waals surface area contributed by atoms with E-state index in [9.17, 15) is 27.6 Å². The van der Waals surface area contributed by atoms with Gasteiger partial charge in [-0.15, -0.1) is 13.2 Å². The first-order valence-corrected chi connectivity index (χ1v) is 11.4. The smallest absolute Gasteiger partial charge is 0.405 e. The molecule has 3 amide bonds. The molecular formula is C24H29F3N4O4. The number of nitriles is 1. The van der Waals surface area contributed by atoms with Crippen LogP contribution < -0.4 is 15.4 Å². The van der Waals surface area contributed by atoms with Crippen molar-refractivity contribution in [1.82, 2.24) is 15.5 Å². The van der Waals surface area contributed by atoms with E-state index >= 15 is 0 Å². The average molecular weight is 495 g/mol. The number of hydrogen-bond acceptors (Lipinski definition) is 5. The molecule has 0 spiro atoms. The Morgan fingerprint density at radius 1 is 1.23 bits per heavy atom. The van der Waals surface area contributed by atoms with E-state index in [1.54, 1.807) is 31.7 Å². The first kappa shape index (κ1) is 26.3. The average Bonchev–Trinajstić information content (AvgIpc) is 3.56. The van der Waals surface area contributed by atoms with E-state index in [0.717, 1.165) is 6.07 Å². The fourth-order valence-electron chi connectivity index (χ4n) is 3.92. The van der Waals surface area contributed by atoms with Gasteiger partial charge in [0.15, 0.2) is 0 Å².